The van der Waals surface area contributed by atoms with Gasteiger partial charge in [0.25, 0.3) is 0 Å². The van der Waals surface area contributed by atoms with Gasteiger partial charge in [0.05, 0.1) is 18.1 Å². The summed E-state index contributed by atoms with van der Waals surface area (Å²) in [6.07, 6.45) is 6.59. The fraction of sp³-hybridized carbons (Fsp3) is 0.609. The Kier molecular flexibility index (Phi) is 5.38. The number of carbonyl (C=O) groups excluding carboxylic acids is 1. The van der Waals surface area contributed by atoms with E-state index in [4.69, 9.17) is 4.74 Å². The third-order valence-electron chi connectivity index (χ3n) is 6.59. The van der Waals surface area contributed by atoms with Crippen molar-refractivity contribution in [2.75, 3.05) is 26.2 Å². The molecule has 1 aromatic rings. The molecule has 27 heavy (non-hydrogen) atoms. The van der Waals surface area contributed by atoms with Crippen LogP contribution in [0.5, 0.6) is 0 Å². The Morgan fingerprint density at radius 2 is 2.15 bits per heavy atom. The van der Waals surface area contributed by atoms with E-state index in [1.54, 1.807) is 0 Å². The first kappa shape index (κ1) is 18.7. The van der Waals surface area contributed by atoms with Gasteiger partial charge in [-0.15, -0.1) is 0 Å². The lowest BCUT2D eigenvalue weighted by Gasteiger charge is -2.29. The summed E-state index contributed by atoms with van der Waals surface area (Å²) < 4.78 is 6.50. The Morgan fingerprint density at radius 3 is 2.93 bits per heavy atom. The highest BCUT2D eigenvalue weighted by Crippen LogP contribution is 2.54. The quantitative estimate of drug-likeness (QED) is 0.752. The smallest absolute Gasteiger partial charge is 0.224 e. The molecule has 0 unspecified atom stereocenters. The third kappa shape index (κ3) is 3.97. The molecule has 0 aliphatic carbocycles. The molecular formula is C23H32N2O2. The van der Waals surface area contributed by atoms with Crippen LogP contribution in [0.2, 0.25) is 0 Å². The number of amides is 1. The summed E-state index contributed by atoms with van der Waals surface area (Å²) in [5.41, 5.74) is 2.52. The largest absolute Gasteiger partial charge is 0.370 e. The Balaban J connectivity index is 1.31. The number of fused-ring (bicyclic) bond motifs is 1. The van der Waals surface area contributed by atoms with Gasteiger partial charge in [-0.3, -0.25) is 9.69 Å². The second-order valence-corrected chi connectivity index (χ2v) is 8.80. The van der Waals surface area contributed by atoms with Crippen LogP contribution in [-0.2, 0) is 16.0 Å². The first-order valence-electron chi connectivity index (χ1n) is 10.4. The number of hydrogen-bond donors (Lipinski definition) is 1. The van der Waals surface area contributed by atoms with E-state index in [9.17, 15) is 4.79 Å². The molecule has 3 saturated heterocycles. The van der Waals surface area contributed by atoms with Gasteiger partial charge in [-0.2, -0.15) is 0 Å². The number of nitrogens with zero attached hydrogens (tertiary/aromatic N) is 1. The Morgan fingerprint density at radius 1 is 1.33 bits per heavy atom. The summed E-state index contributed by atoms with van der Waals surface area (Å²) in [4.78, 5) is 14.9. The molecule has 3 fully saturated rings. The number of ether oxygens (including phenoxy) is 1. The summed E-state index contributed by atoms with van der Waals surface area (Å²) >= 11 is 0. The fourth-order valence-electron chi connectivity index (χ4n) is 5.34. The zero-order valence-electron chi connectivity index (χ0n) is 16.6. The Bertz CT molecular complexity index is 698. The van der Waals surface area contributed by atoms with E-state index in [1.165, 1.54) is 12.0 Å². The molecule has 0 radical (unpaired) electrons. The number of carbonyl (C=O) groups is 1. The van der Waals surface area contributed by atoms with E-state index < -0.39 is 0 Å². The van der Waals surface area contributed by atoms with Crippen LogP contribution in [0.1, 0.15) is 38.7 Å². The number of hydrogen-bond acceptors (Lipinski definition) is 3. The van der Waals surface area contributed by atoms with E-state index in [0.717, 1.165) is 44.6 Å². The second-order valence-electron chi connectivity index (χ2n) is 8.80. The molecule has 1 N–H and O–H groups in total. The molecule has 0 aromatic heterocycles. The summed E-state index contributed by atoms with van der Waals surface area (Å²) in [5, 5.41) is 3.19. The number of allylic oxidation sites excluding steroid dienone is 1. The molecule has 4 rings (SSSR count). The van der Waals surface area contributed by atoms with Crippen LogP contribution in [0.25, 0.3) is 0 Å². The molecule has 0 saturated carbocycles. The zero-order valence-corrected chi connectivity index (χ0v) is 16.6. The van der Waals surface area contributed by atoms with E-state index in [0.29, 0.717) is 24.4 Å². The summed E-state index contributed by atoms with van der Waals surface area (Å²) in [6, 6.07) is 9.97. The van der Waals surface area contributed by atoms with Crippen molar-refractivity contribution < 1.29 is 9.53 Å². The lowest BCUT2D eigenvalue weighted by atomic mass is 9.73. The van der Waals surface area contributed by atoms with E-state index >= 15 is 0 Å². The van der Waals surface area contributed by atoms with Crippen LogP contribution < -0.4 is 5.32 Å². The molecule has 2 bridgehead atoms. The molecule has 1 aromatic carbocycles. The highest BCUT2D eigenvalue weighted by Gasteiger charge is 2.62. The maximum atomic E-state index is 12.4. The lowest BCUT2D eigenvalue weighted by molar-refractivity contribution is -0.120. The summed E-state index contributed by atoms with van der Waals surface area (Å²) in [7, 11) is 0. The molecule has 4 heteroatoms. The van der Waals surface area contributed by atoms with Crippen LogP contribution in [-0.4, -0.2) is 48.7 Å². The average Bonchev–Trinajstić information content (AvgIpc) is 3.28. The van der Waals surface area contributed by atoms with Gasteiger partial charge in [0.15, 0.2) is 0 Å². The fourth-order valence-corrected chi connectivity index (χ4v) is 5.34. The molecule has 3 heterocycles. The van der Waals surface area contributed by atoms with Crippen LogP contribution in [0.15, 0.2) is 42.0 Å². The zero-order chi connectivity index (χ0) is 18.9. The van der Waals surface area contributed by atoms with Crippen LogP contribution in [0.4, 0.5) is 0 Å². The predicted octanol–water partition coefficient (Wildman–Crippen LogP) is 3.18. The van der Waals surface area contributed by atoms with Crippen LogP contribution in [0.3, 0.4) is 0 Å². The van der Waals surface area contributed by atoms with Crippen molar-refractivity contribution in [1.29, 1.82) is 0 Å². The van der Waals surface area contributed by atoms with E-state index in [2.05, 4.69) is 30.1 Å². The van der Waals surface area contributed by atoms with Gasteiger partial charge < -0.3 is 10.1 Å². The van der Waals surface area contributed by atoms with Gasteiger partial charge in [0, 0.05) is 38.0 Å². The minimum Gasteiger partial charge on any atom is -0.370 e. The minimum atomic E-state index is 0.0600. The van der Waals surface area contributed by atoms with Crippen molar-refractivity contribution in [2.45, 2.75) is 51.2 Å². The summed E-state index contributed by atoms with van der Waals surface area (Å²) in [6.45, 7) is 8.38. The van der Waals surface area contributed by atoms with Gasteiger partial charge in [-0.25, -0.2) is 0 Å². The Labute approximate surface area is 163 Å². The molecule has 3 aliphatic heterocycles. The monoisotopic (exact) mass is 368 g/mol. The number of benzene rings is 1. The molecule has 4 atom stereocenters. The molecule has 146 valence electrons. The standard InChI is InChI=1S/C23H32N2O2/c1-17(2)7-6-12-25-15-20-19(21-10-11-23(20,16-25)27-21)14-24-22(26)13-18-8-4-3-5-9-18/h3-5,7-9,19-21H,6,10-16H2,1-2H3,(H,24,26)/t19-,20+,21+,23+/m0/s1. The van der Waals surface area contributed by atoms with E-state index in [1.807, 2.05) is 30.3 Å². The van der Waals surface area contributed by atoms with Crippen molar-refractivity contribution in [3.8, 4) is 0 Å². The highest BCUT2D eigenvalue weighted by molar-refractivity contribution is 5.78. The first-order valence-corrected chi connectivity index (χ1v) is 10.4. The molecule has 3 aliphatic rings. The van der Waals surface area contributed by atoms with Gasteiger partial charge in [-0.1, -0.05) is 42.0 Å². The third-order valence-corrected chi connectivity index (χ3v) is 6.59. The number of nitrogens with one attached hydrogen (secondary N) is 1. The molecule has 1 spiro atoms. The van der Waals surface area contributed by atoms with Gasteiger partial charge in [0.1, 0.15) is 0 Å². The van der Waals surface area contributed by atoms with E-state index in [-0.39, 0.29) is 11.5 Å². The minimum absolute atomic E-state index is 0.0600. The number of likely N-dealkylation sites (tertiary alicyclic amines) is 1. The molecule has 4 nitrogen and oxygen atoms in total. The lowest BCUT2D eigenvalue weighted by Crippen LogP contribution is -2.42. The van der Waals surface area contributed by atoms with Crippen molar-refractivity contribution in [2.24, 2.45) is 11.8 Å². The maximum absolute atomic E-state index is 12.4. The van der Waals surface area contributed by atoms with Gasteiger partial charge >= 0.3 is 0 Å². The SMILES string of the molecule is CC(C)=CCCN1C[C@@H]2[C@H](CNC(=O)Cc3ccccc3)[C@H]3CC[C@]2(C1)O3. The first-order chi connectivity index (χ1) is 13.1. The summed E-state index contributed by atoms with van der Waals surface area (Å²) in [5.74, 6) is 1.16. The second kappa shape index (κ2) is 7.76. The predicted molar refractivity (Wildman–Crippen MR) is 107 cm³/mol. The average molecular weight is 369 g/mol. The maximum Gasteiger partial charge on any atom is 0.224 e. The van der Waals surface area contributed by atoms with Gasteiger partial charge in [-0.05, 0) is 38.7 Å². The van der Waals surface area contributed by atoms with Crippen LogP contribution >= 0.6 is 0 Å². The molecule has 1 amide bonds. The molecular weight excluding hydrogens is 336 g/mol. The van der Waals surface area contributed by atoms with Crippen LogP contribution in [0, 0.1) is 11.8 Å². The highest BCUT2D eigenvalue weighted by atomic mass is 16.5. The topological polar surface area (TPSA) is 41.6 Å². The van der Waals surface area contributed by atoms with Crippen molar-refractivity contribution in [1.82, 2.24) is 10.2 Å². The van der Waals surface area contributed by atoms with Gasteiger partial charge in [0.2, 0.25) is 5.91 Å². The van der Waals surface area contributed by atoms with Crippen molar-refractivity contribution >= 4 is 5.91 Å². The Hall–Kier alpha value is -1.65. The van der Waals surface area contributed by atoms with Crippen molar-refractivity contribution in [3.05, 3.63) is 47.5 Å². The van der Waals surface area contributed by atoms with Crippen molar-refractivity contribution in [3.63, 3.8) is 0 Å². The normalized spacial score (nSPS) is 31.7. The number of rotatable bonds is 7.